The third-order valence-corrected chi connectivity index (χ3v) is 14.9. The standard InChI is InChI=1S/C67H44N2/c1-2-14-45(15-3-1)46-26-35-51(36-27-46)68(52-37-28-47(29-38-52)48-30-41-54(42-31-48)69-65-24-12-7-19-58(65)59-20-8-13-25-66(59)69)53-39-32-49(33-40-53)50-34-43-64-60(44-50)57-18-6-11-23-63(57)67(64)61-21-9-4-16-55(61)56-17-5-10-22-62(56)67/h1-44H. The summed E-state index contributed by atoms with van der Waals surface area (Å²) in [6.07, 6.45) is 0. The van der Waals surface area contributed by atoms with E-state index in [1.165, 1.54) is 99.7 Å². The molecule has 0 unspecified atom stereocenters. The summed E-state index contributed by atoms with van der Waals surface area (Å²) in [4.78, 5) is 2.37. The van der Waals surface area contributed by atoms with Gasteiger partial charge in [-0.05, 0) is 145 Å². The molecule has 322 valence electrons. The van der Waals surface area contributed by atoms with Crippen LogP contribution < -0.4 is 4.90 Å². The highest BCUT2D eigenvalue weighted by Crippen LogP contribution is 2.63. The van der Waals surface area contributed by atoms with Crippen molar-refractivity contribution in [2.75, 3.05) is 4.90 Å². The van der Waals surface area contributed by atoms with Gasteiger partial charge in [-0.1, -0.05) is 200 Å². The molecule has 0 saturated heterocycles. The zero-order valence-electron chi connectivity index (χ0n) is 37.8. The molecule has 11 aromatic carbocycles. The van der Waals surface area contributed by atoms with E-state index in [-0.39, 0.29) is 5.41 Å². The highest BCUT2D eigenvalue weighted by Gasteiger charge is 2.51. The van der Waals surface area contributed by atoms with Crippen molar-refractivity contribution in [3.8, 4) is 61.3 Å². The van der Waals surface area contributed by atoms with Crippen molar-refractivity contribution in [3.63, 3.8) is 0 Å². The second kappa shape index (κ2) is 15.6. The van der Waals surface area contributed by atoms with Crippen LogP contribution >= 0.6 is 0 Å². The van der Waals surface area contributed by atoms with Gasteiger partial charge in [0.15, 0.2) is 0 Å². The molecule has 0 amide bonds. The molecule has 1 aromatic heterocycles. The monoisotopic (exact) mass is 876 g/mol. The van der Waals surface area contributed by atoms with Crippen LogP contribution in [0.4, 0.5) is 17.1 Å². The zero-order chi connectivity index (χ0) is 45.5. The van der Waals surface area contributed by atoms with Crippen LogP contribution in [0.5, 0.6) is 0 Å². The Morgan fingerprint density at radius 1 is 0.261 bits per heavy atom. The Morgan fingerprint density at radius 3 is 1.10 bits per heavy atom. The van der Waals surface area contributed by atoms with Gasteiger partial charge in [0.25, 0.3) is 0 Å². The second-order valence-corrected chi connectivity index (χ2v) is 18.4. The molecule has 2 aliphatic carbocycles. The number of benzene rings is 11. The van der Waals surface area contributed by atoms with Crippen LogP contribution in [0, 0.1) is 0 Å². The number of aromatic nitrogens is 1. The van der Waals surface area contributed by atoms with Crippen LogP contribution in [0.1, 0.15) is 22.3 Å². The Hall–Kier alpha value is -8.98. The Morgan fingerprint density at radius 2 is 0.609 bits per heavy atom. The normalized spacial score (nSPS) is 12.8. The SMILES string of the molecule is c1ccc(-c2ccc(N(c3ccc(-c4ccc(-n5c6ccccc6c6ccccc65)cc4)cc3)c3ccc(-c4ccc5c(c4)-c4ccccc4C54c5ccccc5-c5ccccc54)cc3)cc2)cc1. The van der Waals surface area contributed by atoms with Gasteiger partial charge >= 0.3 is 0 Å². The van der Waals surface area contributed by atoms with Crippen LogP contribution in [0.25, 0.3) is 83.1 Å². The maximum absolute atomic E-state index is 2.43. The van der Waals surface area contributed by atoms with Gasteiger partial charge in [-0.3, -0.25) is 0 Å². The molecule has 0 radical (unpaired) electrons. The molecule has 2 heteroatoms. The van der Waals surface area contributed by atoms with Crippen molar-refractivity contribution in [3.05, 3.63) is 289 Å². The van der Waals surface area contributed by atoms with E-state index in [0.29, 0.717) is 0 Å². The van der Waals surface area contributed by atoms with Gasteiger partial charge < -0.3 is 9.47 Å². The van der Waals surface area contributed by atoms with E-state index in [4.69, 9.17) is 0 Å². The van der Waals surface area contributed by atoms with Crippen molar-refractivity contribution in [1.29, 1.82) is 0 Å². The number of hydrogen-bond donors (Lipinski definition) is 0. The lowest BCUT2D eigenvalue weighted by Crippen LogP contribution is -2.25. The lowest BCUT2D eigenvalue weighted by molar-refractivity contribution is 0.794. The molecular formula is C67H44N2. The number of rotatable bonds is 7. The Bertz CT molecular complexity index is 3820. The zero-order valence-corrected chi connectivity index (χ0v) is 37.8. The van der Waals surface area contributed by atoms with E-state index >= 15 is 0 Å². The third kappa shape index (κ3) is 5.99. The minimum Gasteiger partial charge on any atom is -0.311 e. The molecule has 2 nitrogen and oxygen atoms in total. The summed E-state index contributed by atoms with van der Waals surface area (Å²) in [5.41, 5.74) is 24.4. The second-order valence-electron chi connectivity index (χ2n) is 18.4. The van der Waals surface area contributed by atoms with Crippen LogP contribution in [-0.2, 0) is 5.41 Å². The Kier molecular flexibility index (Phi) is 8.84. The van der Waals surface area contributed by atoms with Gasteiger partial charge in [-0.25, -0.2) is 0 Å². The molecule has 69 heavy (non-hydrogen) atoms. The van der Waals surface area contributed by atoms with Crippen molar-refractivity contribution in [2.24, 2.45) is 0 Å². The molecule has 14 rings (SSSR count). The molecule has 1 heterocycles. The summed E-state index contributed by atoms with van der Waals surface area (Å²) in [5.74, 6) is 0. The van der Waals surface area contributed by atoms with Gasteiger partial charge in [0.2, 0.25) is 0 Å². The van der Waals surface area contributed by atoms with E-state index in [9.17, 15) is 0 Å². The van der Waals surface area contributed by atoms with E-state index in [0.717, 1.165) is 22.7 Å². The average molecular weight is 877 g/mol. The smallest absolute Gasteiger partial charge is 0.0725 e. The summed E-state index contributed by atoms with van der Waals surface area (Å²) in [6, 6.07) is 98.2. The van der Waals surface area contributed by atoms with Crippen molar-refractivity contribution < 1.29 is 0 Å². The summed E-state index contributed by atoms with van der Waals surface area (Å²) in [7, 11) is 0. The molecule has 12 aromatic rings. The largest absolute Gasteiger partial charge is 0.311 e. The Labute approximate surface area is 402 Å². The fourth-order valence-electron chi connectivity index (χ4n) is 11.8. The van der Waals surface area contributed by atoms with Crippen LogP contribution in [0.15, 0.2) is 267 Å². The topological polar surface area (TPSA) is 8.17 Å². The first-order valence-electron chi connectivity index (χ1n) is 23.9. The predicted molar refractivity (Wildman–Crippen MR) is 288 cm³/mol. The fraction of sp³-hybridized carbons (Fsp3) is 0.0149. The summed E-state index contributed by atoms with van der Waals surface area (Å²) in [6.45, 7) is 0. The van der Waals surface area contributed by atoms with Gasteiger partial charge in [-0.15, -0.1) is 0 Å². The minimum atomic E-state index is -0.343. The van der Waals surface area contributed by atoms with Crippen LogP contribution in [0.3, 0.4) is 0 Å². The molecular weight excluding hydrogens is 833 g/mol. The first-order chi connectivity index (χ1) is 34.2. The molecule has 0 bridgehead atoms. The maximum Gasteiger partial charge on any atom is 0.0725 e. The highest BCUT2D eigenvalue weighted by atomic mass is 15.1. The summed E-state index contributed by atoms with van der Waals surface area (Å²) < 4.78 is 2.37. The van der Waals surface area contributed by atoms with E-state index in [2.05, 4.69) is 276 Å². The quantitative estimate of drug-likeness (QED) is 0.155. The maximum atomic E-state index is 2.43. The number of nitrogens with zero attached hydrogens (tertiary/aromatic N) is 2. The van der Waals surface area contributed by atoms with Gasteiger partial charge in [-0.2, -0.15) is 0 Å². The van der Waals surface area contributed by atoms with Crippen molar-refractivity contribution in [2.45, 2.75) is 5.41 Å². The molecule has 2 aliphatic rings. The van der Waals surface area contributed by atoms with E-state index < -0.39 is 0 Å². The number of fused-ring (bicyclic) bond motifs is 13. The molecule has 0 atom stereocenters. The van der Waals surface area contributed by atoms with E-state index in [1.54, 1.807) is 0 Å². The highest BCUT2D eigenvalue weighted by molar-refractivity contribution is 6.09. The molecule has 0 saturated carbocycles. The lowest BCUT2D eigenvalue weighted by Gasteiger charge is -2.30. The van der Waals surface area contributed by atoms with Crippen molar-refractivity contribution in [1.82, 2.24) is 4.57 Å². The first kappa shape index (κ1) is 39.2. The summed E-state index contributed by atoms with van der Waals surface area (Å²) >= 11 is 0. The molecule has 0 N–H and O–H groups in total. The lowest BCUT2D eigenvalue weighted by atomic mass is 9.70. The predicted octanol–water partition coefficient (Wildman–Crippen LogP) is 17.6. The molecule has 0 fully saturated rings. The van der Waals surface area contributed by atoms with Crippen LogP contribution in [-0.4, -0.2) is 4.57 Å². The molecule has 0 aliphatic heterocycles. The fourth-order valence-corrected chi connectivity index (χ4v) is 11.8. The average Bonchev–Trinajstić information content (AvgIpc) is 4.04. The number of para-hydroxylation sites is 2. The van der Waals surface area contributed by atoms with Crippen LogP contribution in [0.2, 0.25) is 0 Å². The number of hydrogen-bond acceptors (Lipinski definition) is 1. The van der Waals surface area contributed by atoms with Gasteiger partial charge in [0.1, 0.15) is 0 Å². The third-order valence-electron chi connectivity index (χ3n) is 14.9. The number of anilines is 3. The Balaban J connectivity index is 0.819. The van der Waals surface area contributed by atoms with E-state index in [1.807, 2.05) is 0 Å². The van der Waals surface area contributed by atoms with Gasteiger partial charge in [0, 0.05) is 33.5 Å². The summed E-state index contributed by atoms with van der Waals surface area (Å²) in [5, 5.41) is 2.54. The minimum absolute atomic E-state index is 0.343. The van der Waals surface area contributed by atoms with Gasteiger partial charge in [0.05, 0.1) is 16.4 Å². The first-order valence-corrected chi connectivity index (χ1v) is 23.9. The van der Waals surface area contributed by atoms with Crippen molar-refractivity contribution >= 4 is 38.9 Å². The molecule has 1 spiro atoms.